The zero-order valence-corrected chi connectivity index (χ0v) is 19.8. The number of benzene rings is 3. The molecule has 5 rings (SSSR count). The Bertz CT molecular complexity index is 1370. The fourth-order valence-corrected chi connectivity index (χ4v) is 4.95. The van der Waals surface area contributed by atoms with Crippen molar-refractivity contribution in [1.29, 1.82) is 0 Å². The van der Waals surface area contributed by atoms with Gasteiger partial charge in [-0.05, 0) is 43.5 Å². The summed E-state index contributed by atoms with van der Waals surface area (Å²) in [7, 11) is 0. The molecule has 1 aromatic heterocycles. The van der Waals surface area contributed by atoms with Gasteiger partial charge in [0, 0.05) is 28.6 Å². The molecular formula is C29H29N3O2. The third kappa shape index (κ3) is 3.58. The highest BCUT2D eigenvalue weighted by molar-refractivity contribution is 6.04. The number of para-hydroxylation sites is 1. The number of H-pyrrole nitrogens is 1. The molecule has 1 aliphatic heterocycles. The van der Waals surface area contributed by atoms with Gasteiger partial charge in [0.1, 0.15) is 6.04 Å². The molecule has 2 atom stereocenters. The average Bonchev–Trinajstić information content (AvgIpc) is 3.37. The lowest BCUT2D eigenvalue weighted by atomic mass is 9.92. The van der Waals surface area contributed by atoms with Crippen LogP contribution in [-0.2, 0) is 4.79 Å². The highest BCUT2D eigenvalue weighted by atomic mass is 16.2. The number of hydrogen-bond donors (Lipinski definition) is 2. The highest BCUT2D eigenvalue weighted by Crippen LogP contribution is 2.46. The van der Waals surface area contributed by atoms with Crippen LogP contribution in [0.25, 0.3) is 22.2 Å². The molecule has 0 radical (unpaired) electrons. The second-order valence-electron chi connectivity index (χ2n) is 8.99. The van der Waals surface area contributed by atoms with E-state index in [1.54, 1.807) is 4.90 Å². The lowest BCUT2D eigenvalue weighted by Crippen LogP contribution is -2.47. The Kier molecular flexibility index (Phi) is 5.70. The van der Waals surface area contributed by atoms with Crippen LogP contribution in [0.5, 0.6) is 0 Å². The Labute approximate surface area is 199 Å². The predicted molar refractivity (Wildman–Crippen MR) is 136 cm³/mol. The molecule has 0 fully saturated rings. The Hall–Kier alpha value is -3.86. The normalized spacial score (nSPS) is 16.0. The Morgan fingerprint density at radius 3 is 2.50 bits per heavy atom. The molecule has 0 saturated carbocycles. The van der Waals surface area contributed by atoms with E-state index in [-0.39, 0.29) is 17.9 Å². The molecule has 4 aromatic rings. The number of rotatable bonds is 6. The summed E-state index contributed by atoms with van der Waals surface area (Å²) >= 11 is 0. The number of aromatic amines is 1. The summed E-state index contributed by atoms with van der Waals surface area (Å²) in [5.41, 5.74) is 6.83. The molecule has 0 aliphatic carbocycles. The van der Waals surface area contributed by atoms with E-state index >= 15 is 0 Å². The van der Waals surface area contributed by atoms with Crippen LogP contribution in [0.2, 0.25) is 0 Å². The molecule has 0 saturated heterocycles. The number of aromatic nitrogens is 1. The van der Waals surface area contributed by atoms with Crippen LogP contribution in [0.1, 0.15) is 53.4 Å². The minimum absolute atomic E-state index is 0.111. The molecule has 2 N–H and O–H groups in total. The SMILES string of the molecule is CCCNC(=O)[C@@H](C)N1C(=O)c2ccccc2[C@H]1c1c(-c2ccc(C)cc2)[nH]c2ccccc12. The van der Waals surface area contributed by atoms with Crippen LogP contribution in [0.4, 0.5) is 0 Å². The molecule has 0 spiro atoms. The van der Waals surface area contributed by atoms with Gasteiger partial charge in [0.05, 0.1) is 11.7 Å². The van der Waals surface area contributed by atoms with Gasteiger partial charge >= 0.3 is 0 Å². The number of hydrogen-bond acceptors (Lipinski definition) is 2. The van der Waals surface area contributed by atoms with E-state index in [2.05, 4.69) is 53.6 Å². The molecule has 0 unspecified atom stereocenters. The molecule has 172 valence electrons. The zero-order valence-electron chi connectivity index (χ0n) is 19.8. The first kappa shape index (κ1) is 22.0. The van der Waals surface area contributed by atoms with Crippen molar-refractivity contribution in [2.45, 2.75) is 39.3 Å². The van der Waals surface area contributed by atoms with Gasteiger partial charge in [0.25, 0.3) is 5.91 Å². The van der Waals surface area contributed by atoms with Gasteiger partial charge in [0.15, 0.2) is 0 Å². The van der Waals surface area contributed by atoms with Gasteiger partial charge in [-0.15, -0.1) is 0 Å². The van der Waals surface area contributed by atoms with E-state index in [4.69, 9.17) is 0 Å². The Balaban J connectivity index is 1.74. The highest BCUT2D eigenvalue weighted by Gasteiger charge is 2.44. The fourth-order valence-electron chi connectivity index (χ4n) is 4.95. The van der Waals surface area contributed by atoms with Crippen LogP contribution < -0.4 is 5.32 Å². The van der Waals surface area contributed by atoms with E-state index in [1.165, 1.54) is 5.56 Å². The lowest BCUT2D eigenvalue weighted by Gasteiger charge is -2.31. The lowest BCUT2D eigenvalue weighted by molar-refractivity contribution is -0.125. The molecule has 5 heteroatoms. The summed E-state index contributed by atoms with van der Waals surface area (Å²) < 4.78 is 0. The molecule has 0 bridgehead atoms. The molecule has 2 heterocycles. The van der Waals surface area contributed by atoms with Crippen LogP contribution in [0.3, 0.4) is 0 Å². The van der Waals surface area contributed by atoms with Gasteiger partial charge in [0.2, 0.25) is 5.91 Å². The maximum Gasteiger partial charge on any atom is 0.255 e. The quantitative estimate of drug-likeness (QED) is 0.401. The van der Waals surface area contributed by atoms with Crippen molar-refractivity contribution in [1.82, 2.24) is 15.2 Å². The first-order valence-electron chi connectivity index (χ1n) is 11.9. The third-order valence-electron chi connectivity index (χ3n) is 6.70. The fraction of sp³-hybridized carbons (Fsp3) is 0.241. The molecule has 2 amide bonds. The smallest absolute Gasteiger partial charge is 0.255 e. The van der Waals surface area contributed by atoms with Crippen LogP contribution >= 0.6 is 0 Å². The number of fused-ring (bicyclic) bond motifs is 2. The Morgan fingerprint density at radius 1 is 1.03 bits per heavy atom. The standard InChI is InChI=1S/C29H29N3O2/c1-4-17-30-28(33)19(3)32-27(21-9-5-6-10-22(21)29(32)34)25-23-11-7-8-12-24(23)31-26(25)20-15-13-18(2)14-16-20/h5-16,19,27,31H,4,17H2,1-3H3,(H,30,33)/t19-,27+/m1/s1. The van der Waals surface area contributed by atoms with E-state index in [0.29, 0.717) is 12.1 Å². The monoisotopic (exact) mass is 451 g/mol. The summed E-state index contributed by atoms with van der Waals surface area (Å²) in [4.78, 5) is 32.1. The minimum atomic E-state index is -0.615. The summed E-state index contributed by atoms with van der Waals surface area (Å²) in [5.74, 6) is -0.246. The molecular weight excluding hydrogens is 422 g/mol. The number of amides is 2. The first-order chi connectivity index (χ1) is 16.5. The van der Waals surface area contributed by atoms with Crippen molar-refractivity contribution in [2.24, 2.45) is 0 Å². The predicted octanol–water partition coefficient (Wildman–Crippen LogP) is 5.60. The largest absolute Gasteiger partial charge is 0.354 e. The van der Waals surface area contributed by atoms with E-state index in [0.717, 1.165) is 39.7 Å². The van der Waals surface area contributed by atoms with Gasteiger partial charge in [-0.3, -0.25) is 9.59 Å². The molecule has 3 aromatic carbocycles. The van der Waals surface area contributed by atoms with Gasteiger partial charge in [-0.25, -0.2) is 0 Å². The van der Waals surface area contributed by atoms with Gasteiger partial charge in [-0.1, -0.05) is 73.2 Å². The molecule has 34 heavy (non-hydrogen) atoms. The van der Waals surface area contributed by atoms with E-state index < -0.39 is 6.04 Å². The average molecular weight is 452 g/mol. The number of nitrogens with zero attached hydrogens (tertiary/aromatic N) is 1. The van der Waals surface area contributed by atoms with Crippen molar-refractivity contribution in [2.75, 3.05) is 6.54 Å². The Morgan fingerprint density at radius 2 is 1.74 bits per heavy atom. The van der Waals surface area contributed by atoms with Crippen molar-refractivity contribution in [3.05, 3.63) is 95.1 Å². The van der Waals surface area contributed by atoms with Gasteiger partial charge < -0.3 is 15.2 Å². The minimum Gasteiger partial charge on any atom is -0.354 e. The van der Waals surface area contributed by atoms with E-state index in [1.807, 2.05) is 50.2 Å². The number of nitrogens with one attached hydrogen (secondary N) is 2. The van der Waals surface area contributed by atoms with Crippen molar-refractivity contribution >= 4 is 22.7 Å². The zero-order chi connectivity index (χ0) is 23.8. The summed E-state index contributed by atoms with van der Waals surface area (Å²) in [6.07, 6.45) is 0.843. The number of carbonyl (C=O) groups excluding carboxylic acids is 2. The maximum atomic E-state index is 13.7. The van der Waals surface area contributed by atoms with E-state index in [9.17, 15) is 9.59 Å². The van der Waals surface area contributed by atoms with Crippen LogP contribution in [0.15, 0.2) is 72.8 Å². The summed E-state index contributed by atoms with van der Waals surface area (Å²) in [6.45, 7) is 6.50. The van der Waals surface area contributed by atoms with Crippen molar-refractivity contribution in [3.8, 4) is 11.3 Å². The second kappa shape index (κ2) is 8.82. The van der Waals surface area contributed by atoms with Crippen molar-refractivity contribution in [3.63, 3.8) is 0 Å². The topological polar surface area (TPSA) is 65.2 Å². The maximum absolute atomic E-state index is 13.7. The first-order valence-corrected chi connectivity index (χ1v) is 11.9. The third-order valence-corrected chi connectivity index (χ3v) is 6.70. The number of carbonyl (C=O) groups is 2. The second-order valence-corrected chi connectivity index (χ2v) is 8.99. The molecule has 5 nitrogen and oxygen atoms in total. The molecule has 1 aliphatic rings. The van der Waals surface area contributed by atoms with Gasteiger partial charge in [-0.2, -0.15) is 0 Å². The van der Waals surface area contributed by atoms with Crippen molar-refractivity contribution < 1.29 is 9.59 Å². The van der Waals surface area contributed by atoms with Crippen LogP contribution in [0, 0.1) is 6.92 Å². The summed E-state index contributed by atoms with van der Waals surface area (Å²) in [5, 5.41) is 4.03. The van der Waals surface area contributed by atoms with Crippen LogP contribution in [-0.4, -0.2) is 34.3 Å². The number of aryl methyl sites for hydroxylation is 1. The summed E-state index contributed by atoms with van der Waals surface area (Å²) in [6, 6.07) is 23.3.